The third kappa shape index (κ3) is 3.85. The maximum absolute atomic E-state index is 12.8. The van der Waals surface area contributed by atoms with Crippen molar-refractivity contribution in [1.29, 1.82) is 0 Å². The molecule has 0 unspecified atom stereocenters. The number of nitrogens with zero attached hydrogens (tertiary/aromatic N) is 1. The molecular weight excluding hydrogens is 435 g/mol. The highest BCUT2D eigenvalue weighted by Gasteiger charge is 2.37. The number of alkyl halides is 3. The van der Waals surface area contributed by atoms with Crippen molar-refractivity contribution in [2.75, 3.05) is 19.8 Å². The van der Waals surface area contributed by atoms with E-state index < -0.39 is 17.3 Å². The Kier molecular flexibility index (Phi) is 5.15. The van der Waals surface area contributed by atoms with Crippen molar-refractivity contribution in [2.45, 2.75) is 24.7 Å². The molecule has 2 aromatic carbocycles. The van der Waals surface area contributed by atoms with E-state index in [0.717, 1.165) is 52.4 Å². The van der Waals surface area contributed by atoms with Crippen LogP contribution in [0, 0.1) is 0 Å². The van der Waals surface area contributed by atoms with Gasteiger partial charge in [0, 0.05) is 28.5 Å². The molecule has 0 atom stereocenters. The predicted octanol–water partition coefficient (Wildman–Crippen LogP) is 5.68. The molecular formula is C25H22F3NO2S. The van der Waals surface area contributed by atoms with Crippen LogP contribution in [0.25, 0.3) is 16.1 Å². The zero-order valence-corrected chi connectivity index (χ0v) is 18.1. The Labute approximate surface area is 188 Å². The van der Waals surface area contributed by atoms with Crippen LogP contribution in [0.15, 0.2) is 61.2 Å². The van der Waals surface area contributed by atoms with Gasteiger partial charge in [-0.1, -0.05) is 43.0 Å². The van der Waals surface area contributed by atoms with Crippen molar-refractivity contribution in [3.8, 4) is 10.4 Å². The van der Waals surface area contributed by atoms with Crippen molar-refractivity contribution in [3.05, 3.63) is 88.3 Å². The zero-order valence-electron chi connectivity index (χ0n) is 17.3. The van der Waals surface area contributed by atoms with Crippen molar-refractivity contribution in [2.24, 2.45) is 0 Å². The molecule has 0 saturated carbocycles. The summed E-state index contributed by atoms with van der Waals surface area (Å²) in [4.78, 5) is 4.48. The fourth-order valence-corrected chi connectivity index (χ4v) is 5.32. The molecule has 0 spiro atoms. The van der Waals surface area contributed by atoms with Gasteiger partial charge in [-0.15, -0.1) is 11.3 Å². The Bertz CT molecular complexity index is 1150. The molecule has 32 heavy (non-hydrogen) atoms. The second kappa shape index (κ2) is 7.76. The van der Waals surface area contributed by atoms with E-state index in [2.05, 4.69) is 17.5 Å². The summed E-state index contributed by atoms with van der Waals surface area (Å²) >= 11 is 1.65. The van der Waals surface area contributed by atoms with E-state index in [9.17, 15) is 18.3 Å². The molecule has 1 aromatic heterocycles. The zero-order chi connectivity index (χ0) is 22.5. The van der Waals surface area contributed by atoms with E-state index in [1.165, 1.54) is 10.4 Å². The van der Waals surface area contributed by atoms with Crippen LogP contribution in [0.5, 0.6) is 0 Å². The molecule has 166 valence electrons. The maximum atomic E-state index is 12.8. The van der Waals surface area contributed by atoms with Gasteiger partial charge in [-0.3, -0.25) is 0 Å². The Morgan fingerprint density at radius 3 is 2.34 bits per heavy atom. The highest BCUT2D eigenvalue weighted by molar-refractivity contribution is 7.15. The smallest absolute Gasteiger partial charge is 0.380 e. The van der Waals surface area contributed by atoms with E-state index in [1.807, 2.05) is 24.3 Å². The fraction of sp³-hybridized carbons (Fsp3) is 0.280. The Morgan fingerprint density at radius 2 is 1.75 bits per heavy atom. The van der Waals surface area contributed by atoms with E-state index in [1.54, 1.807) is 23.5 Å². The van der Waals surface area contributed by atoms with Gasteiger partial charge in [-0.25, -0.2) is 0 Å². The molecule has 1 saturated heterocycles. The summed E-state index contributed by atoms with van der Waals surface area (Å²) in [6.07, 6.45) is -3.45. The van der Waals surface area contributed by atoms with Crippen molar-refractivity contribution in [1.82, 2.24) is 4.90 Å². The molecule has 0 amide bonds. The summed E-state index contributed by atoms with van der Waals surface area (Å²) in [6.45, 7) is 6.47. The summed E-state index contributed by atoms with van der Waals surface area (Å²) < 4.78 is 43.6. The topological polar surface area (TPSA) is 32.7 Å². The average molecular weight is 458 g/mol. The lowest BCUT2D eigenvalue weighted by molar-refractivity contribution is -0.184. The summed E-state index contributed by atoms with van der Waals surface area (Å²) in [5, 5.41) is 10.4. The Hall–Kier alpha value is -2.61. The first kappa shape index (κ1) is 21.2. The largest absolute Gasteiger partial charge is 0.416 e. The van der Waals surface area contributed by atoms with Crippen molar-refractivity contribution >= 4 is 17.0 Å². The number of thiophene rings is 1. The first-order valence-corrected chi connectivity index (χ1v) is 11.2. The van der Waals surface area contributed by atoms with Gasteiger partial charge in [0.15, 0.2) is 0 Å². The Balaban J connectivity index is 1.31. The van der Waals surface area contributed by atoms with Gasteiger partial charge >= 0.3 is 6.18 Å². The van der Waals surface area contributed by atoms with Crippen molar-refractivity contribution in [3.63, 3.8) is 0 Å². The van der Waals surface area contributed by atoms with Crippen LogP contribution >= 0.6 is 11.3 Å². The maximum Gasteiger partial charge on any atom is 0.416 e. The number of halogens is 3. The quantitative estimate of drug-likeness (QED) is 0.547. The molecule has 1 N–H and O–H groups in total. The van der Waals surface area contributed by atoms with Gasteiger partial charge in [0.1, 0.15) is 5.60 Å². The lowest BCUT2D eigenvalue weighted by Crippen LogP contribution is -2.46. The van der Waals surface area contributed by atoms with Gasteiger partial charge in [0.25, 0.3) is 0 Å². The number of ether oxygens (including phenoxy) is 1. The predicted molar refractivity (Wildman–Crippen MR) is 119 cm³/mol. The Morgan fingerprint density at radius 1 is 1.06 bits per heavy atom. The molecule has 1 fully saturated rings. The molecule has 0 radical (unpaired) electrons. The van der Waals surface area contributed by atoms with Crippen molar-refractivity contribution < 1.29 is 23.0 Å². The summed E-state index contributed by atoms with van der Waals surface area (Å²) in [5.41, 5.74) is 3.24. The first-order chi connectivity index (χ1) is 15.2. The molecule has 0 aliphatic carbocycles. The number of aliphatic hydroxyl groups is 1. The van der Waals surface area contributed by atoms with Crippen LogP contribution in [0.2, 0.25) is 0 Å². The van der Waals surface area contributed by atoms with Crippen LogP contribution in [-0.2, 0) is 29.5 Å². The molecule has 3 aromatic rings. The standard InChI is InChI=1S/C25H22F3NO2S/c1-16(17-2-6-20(7-3-17)24(30)14-31-15-24)29-11-10-22-19(13-29)12-23(32-22)18-4-8-21(9-5-18)25(26,27)28/h2-9,12,30H,1,10-11,13-15H2. The minimum Gasteiger partial charge on any atom is -0.380 e. The monoisotopic (exact) mass is 457 g/mol. The summed E-state index contributed by atoms with van der Waals surface area (Å²) in [7, 11) is 0. The van der Waals surface area contributed by atoms with Crippen LogP contribution in [0.4, 0.5) is 13.2 Å². The lowest BCUT2D eigenvalue weighted by Gasteiger charge is -2.37. The van der Waals surface area contributed by atoms with Gasteiger partial charge in [0.05, 0.1) is 18.8 Å². The van der Waals surface area contributed by atoms with Gasteiger partial charge in [-0.05, 0) is 46.9 Å². The van der Waals surface area contributed by atoms with E-state index in [4.69, 9.17) is 4.74 Å². The average Bonchev–Trinajstić information content (AvgIpc) is 3.20. The van der Waals surface area contributed by atoms with Crippen LogP contribution in [0.3, 0.4) is 0 Å². The van der Waals surface area contributed by atoms with Gasteiger partial charge in [0.2, 0.25) is 0 Å². The lowest BCUT2D eigenvalue weighted by atomic mass is 9.91. The molecule has 3 nitrogen and oxygen atoms in total. The molecule has 0 bridgehead atoms. The van der Waals surface area contributed by atoms with E-state index in [-0.39, 0.29) is 0 Å². The summed E-state index contributed by atoms with van der Waals surface area (Å²) in [5.74, 6) is 0. The second-order valence-corrected chi connectivity index (χ2v) is 9.49. The second-order valence-electron chi connectivity index (χ2n) is 8.35. The van der Waals surface area contributed by atoms with E-state index >= 15 is 0 Å². The number of hydrogen-bond acceptors (Lipinski definition) is 4. The molecule has 2 aliphatic heterocycles. The third-order valence-corrected chi connectivity index (χ3v) is 7.47. The minimum atomic E-state index is -4.32. The molecule has 7 heteroatoms. The number of rotatable bonds is 4. The van der Waals surface area contributed by atoms with Gasteiger partial charge in [-0.2, -0.15) is 13.2 Å². The van der Waals surface area contributed by atoms with Crippen LogP contribution < -0.4 is 0 Å². The number of hydrogen-bond donors (Lipinski definition) is 1. The normalized spacial score (nSPS) is 17.6. The summed E-state index contributed by atoms with van der Waals surface area (Å²) in [6, 6.07) is 15.2. The number of benzene rings is 2. The molecule has 5 rings (SSSR count). The minimum absolute atomic E-state index is 0.321. The van der Waals surface area contributed by atoms with E-state index in [0.29, 0.717) is 19.8 Å². The van der Waals surface area contributed by atoms with Crippen LogP contribution in [-0.4, -0.2) is 29.8 Å². The highest BCUT2D eigenvalue weighted by atomic mass is 32.1. The molecule has 2 aliphatic rings. The molecule has 3 heterocycles. The highest BCUT2D eigenvalue weighted by Crippen LogP contribution is 2.38. The SMILES string of the molecule is C=C(c1ccc(C2(O)COC2)cc1)N1CCc2sc(-c3ccc(C(F)(F)F)cc3)cc2C1. The fourth-order valence-electron chi connectivity index (χ4n) is 4.15. The third-order valence-electron chi connectivity index (χ3n) is 6.18. The number of fused-ring (bicyclic) bond motifs is 1. The first-order valence-electron chi connectivity index (χ1n) is 10.4. The van der Waals surface area contributed by atoms with Gasteiger partial charge < -0.3 is 14.7 Å². The van der Waals surface area contributed by atoms with Crippen LogP contribution in [0.1, 0.15) is 27.1 Å².